The van der Waals surface area contributed by atoms with E-state index in [-0.39, 0.29) is 81.2 Å². The lowest BCUT2D eigenvalue weighted by Gasteiger charge is -2.55. The normalized spacial score (nSPS) is 22.3. The van der Waals surface area contributed by atoms with Gasteiger partial charge in [-0.1, -0.05) is 185 Å². The number of halogens is 1. The predicted octanol–water partition coefficient (Wildman–Crippen LogP) is 15.3. The van der Waals surface area contributed by atoms with Crippen LogP contribution in [0.4, 0.5) is 0 Å². The zero-order valence-electron chi connectivity index (χ0n) is 56.1. The molecule has 0 unspecified atom stereocenters. The minimum Gasteiger partial charge on any atom is -0.507 e. The number of aromatic nitrogens is 2. The van der Waals surface area contributed by atoms with Gasteiger partial charge in [-0.25, -0.2) is 4.79 Å². The number of carbonyl (C=O) groups excluding carboxylic acids is 5. The fraction of sp³-hybridized carbons (Fsp3) is 0.392. The molecule has 2 aromatic heterocycles. The van der Waals surface area contributed by atoms with Crippen molar-refractivity contribution in [1.82, 2.24) is 20.1 Å². The molecule has 94 heavy (non-hydrogen) atoms. The van der Waals surface area contributed by atoms with E-state index in [1.54, 1.807) is 18.2 Å². The summed E-state index contributed by atoms with van der Waals surface area (Å²) < 4.78 is 42.9. The number of fused-ring (bicyclic) bond motifs is 6. The molecule has 17 nitrogen and oxygen atoms in total. The number of ether oxygens (including phenoxy) is 3. The van der Waals surface area contributed by atoms with Crippen molar-refractivity contribution < 1.29 is 61.2 Å². The maximum atomic E-state index is 15.1. The summed E-state index contributed by atoms with van der Waals surface area (Å²) in [6.07, 6.45) is 4.91. The van der Waals surface area contributed by atoms with Crippen LogP contribution in [0.15, 0.2) is 166 Å². The van der Waals surface area contributed by atoms with Crippen LogP contribution in [0.1, 0.15) is 137 Å². The Bertz CT molecular complexity index is 4020. The molecule has 1 fully saturated rings. The van der Waals surface area contributed by atoms with E-state index >= 15 is 9.59 Å². The van der Waals surface area contributed by atoms with Crippen LogP contribution in [0.2, 0.25) is 36.3 Å². The van der Waals surface area contributed by atoms with Gasteiger partial charge in [-0.05, 0) is 146 Å². The van der Waals surface area contributed by atoms with Gasteiger partial charge in [-0.2, -0.15) is 0 Å². The third-order valence-electron chi connectivity index (χ3n) is 19.7. The van der Waals surface area contributed by atoms with Crippen molar-refractivity contribution in [2.75, 3.05) is 28.2 Å². The molecular formula is C74H85BrN4O13Si2. The number of hydrogen-bond donors (Lipinski definition) is 1. The fourth-order valence-electron chi connectivity index (χ4n) is 12.9. The summed E-state index contributed by atoms with van der Waals surface area (Å²) in [6, 6.07) is 42.4. The van der Waals surface area contributed by atoms with Gasteiger partial charge in [0.05, 0.1) is 17.6 Å². The molecule has 0 bridgehead atoms. The topological polar surface area (TPSA) is 210 Å². The zero-order chi connectivity index (χ0) is 67.9. The molecular weight excluding hydrogens is 1290 g/mol. The van der Waals surface area contributed by atoms with Crippen molar-refractivity contribution in [3.63, 3.8) is 0 Å². The highest BCUT2D eigenvalue weighted by molar-refractivity contribution is 9.08. The number of ketones is 4. The van der Waals surface area contributed by atoms with Gasteiger partial charge in [0.15, 0.2) is 45.1 Å². The number of allylic oxidation sites excluding steroid dienone is 1. The average molecular weight is 1370 g/mol. The van der Waals surface area contributed by atoms with Crippen LogP contribution < -0.4 is 14.2 Å². The number of nitrogens with zero attached hydrogens (tertiary/aromatic N) is 4. The lowest BCUT2D eigenvalue weighted by molar-refractivity contribution is -0.140. The molecule has 20 heteroatoms. The van der Waals surface area contributed by atoms with Crippen LogP contribution in [0.25, 0.3) is 5.76 Å². The Morgan fingerprint density at radius 3 is 1.62 bits per heavy atom. The molecule has 12 rings (SSSR count). The summed E-state index contributed by atoms with van der Waals surface area (Å²) in [6.45, 7) is 21.2. The second kappa shape index (κ2) is 27.2. The number of aliphatic hydroxyl groups excluding tert-OH is 1. The van der Waals surface area contributed by atoms with E-state index in [4.69, 9.17) is 32.1 Å². The Hall–Kier alpha value is -7.70. The average Bonchev–Trinajstić information content (AvgIpc) is 1.08. The van der Waals surface area contributed by atoms with Crippen molar-refractivity contribution in [2.45, 2.75) is 139 Å². The van der Waals surface area contributed by atoms with E-state index in [9.17, 15) is 19.5 Å². The Kier molecular flexibility index (Phi) is 20.0. The third-order valence-corrected chi connectivity index (χ3v) is 29.2. The first kappa shape index (κ1) is 69.1. The van der Waals surface area contributed by atoms with Gasteiger partial charge < -0.3 is 37.2 Å². The molecule has 7 aromatic rings. The Morgan fingerprint density at radius 1 is 0.628 bits per heavy atom. The summed E-state index contributed by atoms with van der Waals surface area (Å²) in [5, 5.41) is 20.1. The molecule has 0 radical (unpaired) electrons. The minimum atomic E-state index is -2.75. The lowest BCUT2D eigenvalue weighted by Crippen LogP contribution is -2.68. The number of para-hydroxylation sites is 1. The summed E-state index contributed by atoms with van der Waals surface area (Å²) >= 11 is 3.35. The first-order valence-electron chi connectivity index (χ1n) is 31.8. The van der Waals surface area contributed by atoms with E-state index in [0.717, 1.165) is 22.3 Å². The smallest absolute Gasteiger partial charge is 0.343 e. The molecule has 494 valence electrons. The molecule has 5 aliphatic carbocycles. The Morgan fingerprint density at radius 2 is 1.10 bits per heavy atom. The van der Waals surface area contributed by atoms with Crippen LogP contribution in [0.3, 0.4) is 0 Å². The second-order valence-corrected chi connectivity index (χ2v) is 38.3. The van der Waals surface area contributed by atoms with Gasteiger partial charge in [0.1, 0.15) is 35.8 Å². The zero-order valence-corrected chi connectivity index (χ0v) is 59.7. The molecule has 1 saturated carbocycles. The molecule has 0 spiro atoms. The second-order valence-electron chi connectivity index (χ2n) is 28.3. The quantitative estimate of drug-likeness (QED) is 0.0332. The van der Waals surface area contributed by atoms with E-state index in [1.165, 1.54) is 6.08 Å². The summed E-state index contributed by atoms with van der Waals surface area (Å²) in [5.41, 5.74) is 2.13. The standard InChI is InChI=1S/C34H40N2O6Si.C26H34N2O5Si.C14H11BrO2/c1-33(2,3)43(6,7)42-34-24(18-22-17-21-15-11-12-16-23(21)28(37)25(22)30(34)38)27(36(4)5)29-26(31(34)39)32(35-41-29)40-19-20-13-9-8-10-14-20;1-25(2,3)34(6,7)33-26-18(14-11-15-19(26)29)21(28(4)5)22-20(23(26)30)24(27-32-22)31-16-17-12-9-8-10-13-17;15-10-11-6-4-5-9-13(11)14(16)17-12-7-2-1-3-8-12/h8-16,22,24,27,37H,17-19H2,1-7H3;8-13,15,18,21H,14,16H2,1-7H3;1-9H,10H2/t22-,24-,27-,34-;18-,21-,26-;/m00./s1. The number of rotatable bonds is 15. The minimum absolute atomic E-state index is 0.0504. The molecule has 0 aliphatic heterocycles. The van der Waals surface area contributed by atoms with Gasteiger partial charge >= 0.3 is 5.97 Å². The monoisotopic (exact) mass is 1370 g/mol. The summed E-state index contributed by atoms with van der Waals surface area (Å²) in [4.78, 5) is 74.0. The highest BCUT2D eigenvalue weighted by atomic mass is 79.9. The maximum absolute atomic E-state index is 15.1. The van der Waals surface area contributed by atoms with Crippen molar-refractivity contribution in [3.8, 4) is 17.5 Å². The molecule has 7 atom stereocenters. The van der Waals surface area contributed by atoms with Crippen LogP contribution in [-0.2, 0) is 43.4 Å². The van der Waals surface area contributed by atoms with E-state index in [1.807, 2.05) is 165 Å². The number of hydrogen-bond acceptors (Lipinski definition) is 17. The number of Topliss-reactive ketones (excluding diaryl/α,β-unsaturated/α-hetero) is 3. The van der Waals surface area contributed by atoms with Crippen molar-refractivity contribution in [2.24, 2.45) is 17.8 Å². The molecule has 0 amide bonds. The summed E-state index contributed by atoms with van der Waals surface area (Å²) in [7, 11) is 2.37. The first-order valence-corrected chi connectivity index (χ1v) is 38.8. The third kappa shape index (κ3) is 13.0. The first-order chi connectivity index (χ1) is 44.5. The highest BCUT2D eigenvalue weighted by Gasteiger charge is 2.69. The van der Waals surface area contributed by atoms with Crippen molar-refractivity contribution in [3.05, 3.63) is 213 Å². The largest absolute Gasteiger partial charge is 0.507 e. The highest BCUT2D eigenvalue weighted by Crippen LogP contribution is 2.59. The Balaban J connectivity index is 0.000000168. The van der Waals surface area contributed by atoms with Gasteiger partial charge in [0.2, 0.25) is 17.3 Å². The molecule has 5 aliphatic rings. The van der Waals surface area contributed by atoms with Crippen LogP contribution in [0, 0.1) is 17.8 Å². The molecule has 2 heterocycles. The van der Waals surface area contributed by atoms with Crippen molar-refractivity contribution >= 4 is 67.4 Å². The SMILES string of the molecule is CN(C)[C@@H]1c2onc(OCc3ccccc3)c2C(=O)[C@@]2(O[Si](C)(C)C(C)(C)C)C(=O)C3=C(O)c4ccccc4C[C@H]3C[C@@H]12.CN(C)[C@@H]1c2onc(OCc3ccccc3)c2C(=O)[C@@]2(O[Si](C)(C)C(C)(C)C)C(=O)C=CC[C@@H]12.O=C(Oc1ccccc1)c1ccccc1CBr. The van der Waals surface area contributed by atoms with Gasteiger partial charge in [-0.15, -0.1) is 0 Å². The number of esters is 1. The number of aliphatic hydroxyl groups is 1. The maximum Gasteiger partial charge on any atom is 0.343 e. The van der Waals surface area contributed by atoms with E-state index in [2.05, 4.69) is 94.0 Å². The fourth-order valence-corrected chi connectivity index (χ4v) is 16.3. The lowest BCUT2D eigenvalue weighted by atomic mass is 9.57. The van der Waals surface area contributed by atoms with Gasteiger partial charge in [0, 0.05) is 28.3 Å². The van der Waals surface area contributed by atoms with Crippen molar-refractivity contribution in [1.29, 1.82) is 0 Å². The number of alkyl halides is 1. The van der Waals surface area contributed by atoms with Gasteiger partial charge in [0.25, 0.3) is 11.8 Å². The molecule has 0 saturated heterocycles. The van der Waals surface area contributed by atoms with Crippen LogP contribution in [0.5, 0.6) is 17.5 Å². The molecule has 5 aromatic carbocycles. The molecule has 1 N–H and O–H groups in total. The Labute approximate surface area is 561 Å². The summed E-state index contributed by atoms with van der Waals surface area (Å²) in [5.74, 6) is -1.78. The number of carbonyl (C=O) groups is 5. The van der Waals surface area contributed by atoms with E-state index < -0.39 is 63.1 Å². The number of benzene rings is 5. The predicted molar refractivity (Wildman–Crippen MR) is 367 cm³/mol. The van der Waals surface area contributed by atoms with E-state index in [0.29, 0.717) is 53.0 Å². The van der Waals surface area contributed by atoms with Crippen LogP contribution in [-0.4, -0.2) is 110 Å². The van der Waals surface area contributed by atoms with Gasteiger partial charge in [-0.3, -0.25) is 29.0 Å². The van der Waals surface area contributed by atoms with Crippen LogP contribution >= 0.6 is 15.9 Å².